The molecule has 0 aliphatic heterocycles. The van der Waals surface area contributed by atoms with Crippen molar-refractivity contribution in [1.29, 1.82) is 0 Å². The van der Waals surface area contributed by atoms with E-state index in [0.717, 1.165) is 16.0 Å². The van der Waals surface area contributed by atoms with E-state index in [-0.39, 0.29) is 29.8 Å². The molecule has 0 saturated carbocycles. The molecule has 0 fully saturated rings. The number of hydrogen-bond donors (Lipinski definition) is 4. The highest BCUT2D eigenvalue weighted by molar-refractivity contribution is 7.22. The number of nitrogens with two attached hydrogens (primary N) is 2. The molecule has 11 heteroatoms. The molecule has 0 spiro atoms. The average molecular weight is 371 g/mol. The fraction of sp³-hybridized carbons (Fsp3) is 0. The first-order chi connectivity index (χ1) is 10.5. The minimum absolute atomic E-state index is 0. The molecule has 0 unspecified atom stereocenters. The van der Waals surface area contributed by atoms with Gasteiger partial charge in [-0.25, -0.2) is 9.97 Å². The van der Waals surface area contributed by atoms with Gasteiger partial charge in [-0.15, -0.1) is 23.7 Å². The van der Waals surface area contributed by atoms with E-state index in [1.807, 2.05) is 6.07 Å². The zero-order valence-corrected chi connectivity index (χ0v) is 13.8. The van der Waals surface area contributed by atoms with Crippen LogP contribution >= 0.6 is 35.1 Å². The predicted molar refractivity (Wildman–Crippen MR) is 94.1 cm³/mol. The van der Waals surface area contributed by atoms with E-state index < -0.39 is 5.91 Å². The Balaban J connectivity index is 0.00000192. The number of phenols is 1. The highest BCUT2D eigenvalue weighted by atomic mass is 35.5. The van der Waals surface area contributed by atoms with E-state index in [1.54, 1.807) is 11.4 Å². The van der Waals surface area contributed by atoms with E-state index in [1.165, 1.54) is 17.4 Å². The second-order valence-corrected chi connectivity index (χ2v) is 6.02. The molecule has 0 radical (unpaired) electrons. The van der Waals surface area contributed by atoms with Crippen molar-refractivity contribution in [2.45, 2.75) is 0 Å². The lowest BCUT2D eigenvalue weighted by atomic mass is 10.3. The Hall–Kier alpha value is -2.43. The number of nitrogens with one attached hydrogen (secondary N) is 1. The van der Waals surface area contributed by atoms with Gasteiger partial charge in [0.2, 0.25) is 5.13 Å². The molecule has 2 aromatic heterocycles. The summed E-state index contributed by atoms with van der Waals surface area (Å²) in [5.41, 5.74) is 11.1. The van der Waals surface area contributed by atoms with E-state index >= 15 is 0 Å². The lowest BCUT2D eigenvalue weighted by Gasteiger charge is -1.96. The normalized spacial score (nSPS) is 10.1. The average Bonchev–Trinajstić information content (AvgIpc) is 3.05. The fourth-order valence-corrected chi connectivity index (χ4v) is 3.25. The Labute approximate surface area is 144 Å². The molecular formula is C12H11ClN6O2S2. The first-order valence-electron chi connectivity index (χ1n) is 5.98. The molecule has 0 atom stereocenters. The highest BCUT2D eigenvalue weighted by Gasteiger charge is 2.14. The number of nitrogens with zero attached hydrogens (tertiary/aromatic N) is 3. The Morgan fingerprint density at radius 2 is 2.09 bits per heavy atom. The Kier molecular flexibility index (Phi) is 4.98. The lowest BCUT2D eigenvalue weighted by molar-refractivity contribution is 0.102. The number of halogens is 1. The summed E-state index contributed by atoms with van der Waals surface area (Å²) in [7, 11) is 0. The third-order valence-electron chi connectivity index (χ3n) is 2.57. The van der Waals surface area contributed by atoms with Crippen LogP contribution in [0.15, 0.2) is 28.6 Å². The van der Waals surface area contributed by atoms with Crippen molar-refractivity contribution >= 4 is 67.4 Å². The van der Waals surface area contributed by atoms with Crippen molar-refractivity contribution in [1.82, 2.24) is 9.97 Å². The summed E-state index contributed by atoms with van der Waals surface area (Å²) in [5.74, 6) is -0.479. The number of thiazole rings is 2. The number of carbonyl (C=O) groups excluding carboxylic acids is 1. The van der Waals surface area contributed by atoms with E-state index in [4.69, 9.17) is 11.5 Å². The van der Waals surface area contributed by atoms with Crippen LogP contribution in [-0.2, 0) is 0 Å². The third kappa shape index (κ3) is 3.67. The number of amides is 1. The predicted octanol–water partition coefficient (Wildman–Crippen LogP) is 2.04. The van der Waals surface area contributed by atoms with Crippen molar-refractivity contribution in [2.24, 2.45) is 16.5 Å². The van der Waals surface area contributed by atoms with Crippen LogP contribution in [-0.4, -0.2) is 26.9 Å². The fourth-order valence-electron chi connectivity index (χ4n) is 1.68. The van der Waals surface area contributed by atoms with Gasteiger partial charge in [-0.3, -0.25) is 10.1 Å². The first-order valence-corrected chi connectivity index (χ1v) is 7.67. The monoisotopic (exact) mass is 370 g/mol. The first kappa shape index (κ1) is 16.9. The maximum absolute atomic E-state index is 12.1. The maximum Gasteiger partial charge on any atom is 0.276 e. The van der Waals surface area contributed by atoms with Crippen LogP contribution < -0.4 is 16.8 Å². The van der Waals surface area contributed by atoms with Gasteiger partial charge in [0, 0.05) is 5.38 Å². The number of carbonyl (C=O) groups is 1. The Morgan fingerprint density at radius 1 is 1.30 bits per heavy atom. The van der Waals surface area contributed by atoms with Crippen molar-refractivity contribution < 1.29 is 9.90 Å². The van der Waals surface area contributed by atoms with Gasteiger partial charge in [0.1, 0.15) is 17.0 Å². The zero-order chi connectivity index (χ0) is 15.7. The summed E-state index contributed by atoms with van der Waals surface area (Å²) in [6.45, 7) is 0. The number of anilines is 1. The molecule has 8 nitrogen and oxygen atoms in total. The third-order valence-corrected chi connectivity index (χ3v) is 4.24. The number of guanidine groups is 1. The van der Waals surface area contributed by atoms with Crippen LogP contribution in [0.3, 0.4) is 0 Å². The number of aromatic hydroxyl groups is 1. The van der Waals surface area contributed by atoms with Gasteiger partial charge in [-0.2, -0.15) is 4.99 Å². The standard InChI is InChI=1S/C12H10N6O2S2.ClH/c13-10(14)18-11-15-5(4-21-11)9(20)17-12-16-8-6(19)2-1-3-7(8)22-12;/h1-4,19H,(H,16,17,20)(H4,13,14,15,18);1H. The largest absolute Gasteiger partial charge is 0.506 e. The van der Waals surface area contributed by atoms with Crippen LogP contribution in [0, 0.1) is 0 Å². The number of phenolic OH excluding ortho intramolecular Hbond substituents is 1. The van der Waals surface area contributed by atoms with Crippen molar-refractivity contribution in [3.8, 4) is 5.75 Å². The van der Waals surface area contributed by atoms with Crippen LogP contribution in [0.2, 0.25) is 0 Å². The van der Waals surface area contributed by atoms with E-state index in [0.29, 0.717) is 15.8 Å². The summed E-state index contributed by atoms with van der Waals surface area (Å²) >= 11 is 2.40. The number of aromatic nitrogens is 2. The highest BCUT2D eigenvalue weighted by Crippen LogP contribution is 2.31. The van der Waals surface area contributed by atoms with E-state index in [2.05, 4.69) is 20.3 Å². The minimum Gasteiger partial charge on any atom is -0.506 e. The molecule has 3 rings (SSSR count). The molecule has 0 aliphatic carbocycles. The number of fused-ring (bicyclic) bond motifs is 1. The van der Waals surface area contributed by atoms with Gasteiger partial charge in [-0.05, 0) is 12.1 Å². The maximum atomic E-state index is 12.1. The minimum atomic E-state index is -0.424. The molecular weight excluding hydrogens is 360 g/mol. The SMILES string of the molecule is Cl.NC(N)=Nc1nc(C(=O)Nc2nc3c(O)cccc3s2)cs1. The van der Waals surface area contributed by atoms with Crippen molar-refractivity contribution in [3.05, 3.63) is 29.3 Å². The second-order valence-electron chi connectivity index (χ2n) is 4.15. The number of aliphatic imine (C=N–C) groups is 1. The molecule has 1 amide bonds. The molecule has 0 aliphatic rings. The second kappa shape index (κ2) is 6.77. The summed E-state index contributed by atoms with van der Waals surface area (Å²) in [6, 6.07) is 5.06. The molecule has 120 valence electrons. The van der Waals surface area contributed by atoms with Crippen molar-refractivity contribution in [2.75, 3.05) is 5.32 Å². The summed E-state index contributed by atoms with van der Waals surface area (Å²) in [4.78, 5) is 24.1. The molecule has 0 bridgehead atoms. The number of hydrogen-bond acceptors (Lipinski definition) is 7. The lowest BCUT2D eigenvalue weighted by Crippen LogP contribution is -2.21. The van der Waals surface area contributed by atoms with Gasteiger partial charge in [-0.1, -0.05) is 17.4 Å². The van der Waals surface area contributed by atoms with Gasteiger partial charge in [0.05, 0.1) is 4.70 Å². The Bertz CT molecular complexity index is 887. The van der Waals surface area contributed by atoms with Crippen LogP contribution in [0.4, 0.5) is 10.3 Å². The molecule has 3 aromatic rings. The van der Waals surface area contributed by atoms with Gasteiger partial charge in [0.15, 0.2) is 11.1 Å². The quantitative estimate of drug-likeness (QED) is 0.411. The summed E-state index contributed by atoms with van der Waals surface area (Å²) in [5, 5.41) is 14.6. The molecule has 1 aromatic carbocycles. The van der Waals surface area contributed by atoms with Crippen LogP contribution in [0.25, 0.3) is 10.2 Å². The molecule has 2 heterocycles. The van der Waals surface area contributed by atoms with Gasteiger partial charge >= 0.3 is 0 Å². The van der Waals surface area contributed by atoms with Crippen molar-refractivity contribution in [3.63, 3.8) is 0 Å². The van der Waals surface area contributed by atoms with Gasteiger partial charge in [0.25, 0.3) is 5.91 Å². The number of benzene rings is 1. The van der Waals surface area contributed by atoms with Crippen LogP contribution in [0.1, 0.15) is 10.5 Å². The zero-order valence-electron chi connectivity index (χ0n) is 11.4. The number of rotatable bonds is 3. The van der Waals surface area contributed by atoms with E-state index in [9.17, 15) is 9.90 Å². The summed E-state index contributed by atoms with van der Waals surface area (Å²) in [6.07, 6.45) is 0. The van der Waals surface area contributed by atoms with Crippen LogP contribution in [0.5, 0.6) is 5.75 Å². The number of para-hydroxylation sites is 1. The molecule has 6 N–H and O–H groups in total. The smallest absolute Gasteiger partial charge is 0.276 e. The van der Waals surface area contributed by atoms with Gasteiger partial charge < -0.3 is 16.6 Å². The summed E-state index contributed by atoms with van der Waals surface area (Å²) < 4.78 is 0.773. The molecule has 0 saturated heterocycles. The molecule has 23 heavy (non-hydrogen) atoms. The topological polar surface area (TPSA) is 140 Å². The Morgan fingerprint density at radius 3 is 2.78 bits per heavy atom.